The molecule has 1 aromatic heterocycles. The molecule has 15 heteroatoms. The third-order valence-electron chi connectivity index (χ3n) is 9.66. The number of hydrogen-bond acceptors (Lipinski definition) is 9. The lowest BCUT2D eigenvalue weighted by molar-refractivity contribution is -0.140. The Bertz CT molecular complexity index is 1640. The number of ether oxygens (including phenoxy) is 2. The first-order valence-corrected chi connectivity index (χ1v) is 17.3. The molecule has 0 spiro atoms. The van der Waals surface area contributed by atoms with E-state index in [1.807, 2.05) is 19.9 Å². The van der Waals surface area contributed by atoms with Crippen LogP contribution in [0.5, 0.6) is 5.75 Å². The van der Waals surface area contributed by atoms with Crippen LogP contribution in [0.3, 0.4) is 0 Å². The fourth-order valence-electron chi connectivity index (χ4n) is 6.40. The Kier molecular flexibility index (Phi) is 11.8. The van der Waals surface area contributed by atoms with Crippen molar-refractivity contribution in [1.29, 1.82) is 0 Å². The third-order valence-corrected chi connectivity index (χ3v) is 9.66. The normalized spacial score (nSPS) is 18.3. The SMILES string of the molecule is CCOC(=O)N1CCN(C(=O)[C@H](CCC(=O)O)NC(=O)c2cc(OCC(=O)N3CCC[C@H]3C(=O)NC3CCC3)c3cc(C)c(C)cc3n2)CC1. The summed E-state index contributed by atoms with van der Waals surface area (Å²) >= 11 is 0. The van der Waals surface area contributed by atoms with E-state index in [0.29, 0.717) is 30.3 Å². The Morgan fingerprint density at radius 1 is 0.940 bits per heavy atom. The number of carboxylic acids is 1. The Morgan fingerprint density at radius 2 is 1.64 bits per heavy atom. The van der Waals surface area contributed by atoms with Crippen LogP contribution in [0.25, 0.3) is 10.9 Å². The number of aromatic nitrogens is 1. The van der Waals surface area contributed by atoms with Crippen molar-refractivity contribution in [3.63, 3.8) is 0 Å². The van der Waals surface area contributed by atoms with E-state index in [1.165, 1.54) is 15.9 Å². The van der Waals surface area contributed by atoms with Gasteiger partial charge < -0.3 is 39.9 Å². The molecule has 3 N–H and O–H groups in total. The predicted molar refractivity (Wildman–Crippen MR) is 181 cm³/mol. The molecule has 2 aliphatic heterocycles. The molecule has 1 aliphatic carbocycles. The summed E-state index contributed by atoms with van der Waals surface area (Å²) < 4.78 is 11.1. The van der Waals surface area contributed by atoms with E-state index < -0.39 is 36.0 Å². The molecule has 0 bridgehead atoms. The highest BCUT2D eigenvalue weighted by Crippen LogP contribution is 2.29. The monoisotopic (exact) mass is 694 g/mol. The minimum atomic E-state index is -1.17. The van der Waals surface area contributed by atoms with Gasteiger partial charge in [0.2, 0.25) is 11.8 Å². The van der Waals surface area contributed by atoms with Crippen molar-refractivity contribution in [2.24, 2.45) is 0 Å². The molecule has 1 saturated carbocycles. The standard InChI is InChI=1S/C35H46N6O9/c1-4-49-35(48)40-15-13-39(14-16-40)34(47)25(10-11-31(43)44)38-32(45)27-19-29(24-17-21(2)22(3)18-26(24)37-27)50-20-30(42)41-12-6-9-28(41)33(46)36-23-7-5-8-23/h17-19,23,25,28H,4-16,20H2,1-3H3,(H,36,46)(H,38,45)(H,43,44)/t25-,28-/m0/s1. The number of benzene rings is 1. The van der Waals surface area contributed by atoms with Crippen molar-refractivity contribution in [2.45, 2.75) is 83.8 Å². The van der Waals surface area contributed by atoms with E-state index in [4.69, 9.17) is 9.47 Å². The lowest BCUT2D eigenvalue weighted by Crippen LogP contribution is -2.56. The zero-order valence-corrected chi connectivity index (χ0v) is 28.9. The second kappa shape index (κ2) is 16.2. The van der Waals surface area contributed by atoms with E-state index in [-0.39, 0.29) is 81.5 Å². The molecule has 2 aromatic rings. The van der Waals surface area contributed by atoms with Gasteiger partial charge >= 0.3 is 12.1 Å². The van der Waals surface area contributed by atoms with Crippen molar-refractivity contribution in [1.82, 2.24) is 30.3 Å². The van der Waals surface area contributed by atoms with Gasteiger partial charge in [-0.1, -0.05) is 0 Å². The summed E-state index contributed by atoms with van der Waals surface area (Å²) in [6.07, 6.45) is 3.26. The van der Waals surface area contributed by atoms with Crippen LogP contribution < -0.4 is 15.4 Å². The van der Waals surface area contributed by atoms with Crippen LogP contribution in [0.4, 0.5) is 4.79 Å². The summed E-state index contributed by atoms with van der Waals surface area (Å²) in [5.41, 5.74) is 2.22. The smallest absolute Gasteiger partial charge is 0.409 e. The zero-order valence-electron chi connectivity index (χ0n) is 28.9. The number of amides is 5. The minimum Gasteiger partial charge on any atom is -0.483 e. The molecule has 1 aromatic carbocycles. The van der Waals surface area contributed by atoms with Gasteiger partial charge in [0.25, 0.3) is 11.8 Å². The largest absolute Gasteiger partial charge is 0.483 e. The van der Waals surface area contributed by atoms with Gasteiger partial charge in [-0.25, -0.2) is 9.78 Å². The molecular weight excluding hydrogens is 648 g/mol. The van der Waals surface area contributed by atoms with Gasteiger partial charge in [-0.2, -0.15) is 0 Å². The summed E-state index contributed by atoms with van der Waals surface area (Å²) in [5, 5.41) is 15.6. The first-order chi connectivity index (χ1) is 23.9. The summed E-state index contributed by atoms with van der Waals surface area (Å²) in [5.74, 6) is -2.58. The van der Waals surface area contributed by atoms with Crippen LogP contribution >= 0.6 is 0 Å². The van der Waals surface area contributed by atoms with Crippen LogP contribution in [0, 0.1) is 13.8 Å². The van der Waals surface area contributed by atoms with Crippen molar-refractivity contribution in [2.75, 3.05) is 45.9 Å². The molecule has 5 rings (SSSR count). The fraction of sp³-hybridized carbons (Fsp3) is 0.571. The molecular formula is C35H46N6O9. The highest BCUT2D eigenvalue weighted by molar-refractivity contribution is 6.00. The molecule has 0 unspecified atom stereocenters. The highest BCUT2D eigenvalue weighted by atomic mass is 16.6. The fourth-order valence-corrected chi connectivity index (χ4v) is 6.40. The van der Waals surface area contributed by atoms with Crippen molar-refractivity contribution in [3.8, 4) is 5.75 Å². The predicted octanol–water partition coefficient (Wildman–Crippen LogP) is 2.15. The maximum Gasteiger partial charge on any atom is 0.409 e. The van der Waals surface area contributed by atoms with Crippen LogP contribution in [0.1, 0.15) is 73.5 Å². The van der Waals surface area contributed by atoms with Gasteiger partial charge in [0.15, 0.2) is 6.61 Å². The molecule has 2 saturated heterocycles. The van der Waals surface area contributed by atoms with Gasteiger partial charge in [0.05, 0.1) is 12.1 Å². The molecule has 50 heavy (non-hydrogen) atoms. The number of carbonyl (C=O) groups is 6. The van der Waals surface area contributed by atoms with Crippen molar-refractivity contribution >= 4 is 46.6 Å². The molecule has 2 atom stereocenters. The quantitative estimate of drug-likeness (QED) is 0.297. The molecule has 3 fully saturated rings. The number of nitrogens with one attached hydrogen (secondary N) is 2. The number of rotatable bonds is 12. The summed E-state index contributed by atoms with van der Waals surface area (Å²) in [7, 11) is 0. The van der Waals surface area contributed by atoms with Crippen molar-refractivity contribution in [3.05, 3.63) is 35.0 Å². The Morgan fingerprint density at radius 3 is 2.30 bits per heavy atom. The number of aryl methyl sites for hydroxylation is 2. The summed E-state index contributed by atoms with van der Waals surface area (Å²) in [6.45, 7) is 6.68. The maximum atomic E-state index is 13.7. The van der Waals surface area contributed by atoms with E-state index in [9.17, 15) is 33.9 Å². The molecule has 3 heterocycles. The first-order valence-electron chi connectivity index (χ1n) is 17.3. The summed E-state index contributed by atoms with van der Waals surface area (Å²) in [4.78, 5) is 86.2. The number of carboxylic acid groups (broad SMARTS) is 1. The number of pyridine rings is 1. The molecule has 0 radical (unpaired) electrons. The second-order valence-electron chi connectivity index (χ2n) is 13.1. The second-order valence-corrected chi connectivity index (χ2v) is 13.1. The van der Waals surface area contributed by atoms with E-state index in [2.05, 4.69) is 15.6 Å². The Balaban J connectivity index is 1.32. The molecule has 270 valence electrons. The van der Waals surface area contributed by atoms with Crippen LogP contribution in [0.2, 0.25) is 0 Å². The summed E-state index contributed by atoms with van der Waals surface area (Å²) in [6, 6.07) is 3.50. The number of hydrogen-bond donors (Lipinski definition) is 3. The van der Waals surface area contributed by atoms with Crippen LogP contribution in [-0.2, 0) is 23.9 Å². The van der Waals surface area contributed by atoms with Gasteiger partial charge in [-0.3, -0.25) is 24.0 Å². The molecule has 3 aliphatic rings. The zero-order chi connectivity index (χ0) is 35.9. The number of carbonyl (C=O) groups excluding carboxylic acids is 5. The Labute approximate surface area is 290 Å². The average molecular weight is 695 g/mol. The first kappa shape index (κ1) is 36.3. The van der Waals surface area contributed by atoms with Gasteiger partial charge in [0.1, 0.15) is 23.5 Å². The number of piperazine rings is 1. The number of aliphatic carboxylic acids is 1. The number of nitrogens with zero attached hydrogens (tertiary/aromatic N) is 4. The minimum absolute atomic E-state index is 0.0811. The van der Waals surface area contributed by atoms with Crippen LogP contribution in [-0.4, -0.2) is 125 Å². The van der Waals surface area contributed by atoms with E-state index >= 15 is 0 Å². The third kappa shape index (κ3) is 8.61. The van der Waals surface area contributed by atoms with Crippen LogP contribution in [0.15, 0.2) is 18.2 Å². The topological polar surface area (TPSA) is 188 Å². The lowest BCUT2D eigenvalue weighted by atomic mass is 9.93. The molecule has 15 nitrogen and oxygen atoms in total. The van der Waals surface area contributed by atoms with Gasteiger partial charge in [0, 0.05) is 56.6 Å². The average Bonchev–Trinajstić information content (AvgIpc) is 3.58. The molecule has 5 amide bonds. The maximum absolute atomic E-state index is 13.7. The Hall–Kier alpha value is -4.95. The number of likely N-dealkylation sites (tertiary alicyclic amines) is 1. The number of fused-ring (bicyclic) bond motifs is 1. The van der Waals surface area contributed by atoms with E-state index in [1.54, 1.807) is 17.9 Å². The van der Waals surface area contributed by atoms with Gasteiger partial charge in [-0.15, -0.1) is 0 Å². The highest BCUT2D eigenvalue weighted by Gasteiger charge is 2.36. The van der Waals surface area contributed by atoms with E-state index in [0.717, 1.165) is 30.4 Å². The van der Waals surface area contributed by atoms with Crippen molar-refractivity contribution < 1.29 is 43.3 Å². The van der Waals surface area contributed by atoms with Gasteiger partial charge in [-0.05, 0) is 82.6 Å². The lowest BCUT2D eigenvalue weighted by Gasteiger charge is -2.35.